The van der Waals surface area contributed by atoms with Crippen molar-refractivity contribution in [3.63, 3.8) is 0 Å². The third kappa shape index (κ3) is 2.92. The predicted molar refractivity (Wildman–Crippen MR) is 96.6 cm³/mol. The Kier molecular flexibility index (Phi) is 3.91. The molecule has 6 nitrogen and oxygen atoms in total. The molecule has 2 aliphatic rings. The number of fused-ring (bicyclic) bond motifs is 1. The molecule has 26 heavy (non-hydrogen) atoms. The number of rotatable bonds is 3. The molecule has 8 heteroatoms. The van der Waals surface area contributed by atoms with Crippen LogP contribution in [0.3, 0.4) is 0 Å². The van der Waals surface area contributed by atoms with Crippen LogP contribution in [-0.4, -0.2) is 21.7 Å². The molecule has 0 aromatic carbocycles. The molecule has 0 bridgehead atoms. The fourth-order valence-electron chi connectivity index (χ4n) is 3.69. The first kappa shape index (κ1) is 16.9. The number of halogens is 2. The highest BCUT2D eigenvalue weighted by molar-refractivity contribution is 6.30. The zero-order chi connectivity index (χ0) is 18.5. The van der Waals surface area contributed by atoms with E-state index in [9.17, 15) is 9.18 Å². The second-order valence-electron chi connectivity index (χ2n) is 6.94. The molecule has 2 aromatic rings. The van der Waals surface area contributed by atoms with Crippen LogP contribution in [0.4, 0.5) is 10.1 Å². The number of aromatic nitrogens is 2. The van der Waals surface area contributed by atoms with Crippen LogP contribution < -0.4 is 11.1 Å². The number of hydrogen-bond acceptors (Lipinski definition) is 5. The molecule has 1 aliphatic heterocycles. The number of nitrogens with one attached hydrogen (secondary N) is 1. The largest absolute Gasteiger partial charge is 0.387 e. The summed E-state index contributed by atoms with van der Waals surface area (Å²) in [7, 11) is 0. The number of amidine groups is 1. The molecule has 3 atom stereocenters. The van der Waals surface area contributed by atoms with Gasteiger partial charge in [-0.2, -0.15) is 4.39 Å². The normalized spacial score (nSPS) is 26.7. The standard InChI is InChI=1S/C18H17ClFN5O/c1-18(12-4-9(12)5-15(21)25-18)13-6-11(8-23-16(13)20)24-17(26)14-3-2-10(19)7-22-14/h2-3,6-9,12H,4-5H2,1H3,(H2,21,25)(H,24,26)/t9-,12-,18-/m1/s1. The molecule has 0 saturated heterocycles. The molecule has 4 rings (SSSR count). The Bertz CT molecular complexity index is 916. The van der Waals surface area contributed by atoms with E-state index in [4.69, 9.17) is 17.3 Å². The fourth-order valence-corrected chi connectivity index (χ4v) is 3.81. The summed E-state index contributed by atoms with van der Waals surface area (Å²) in [5.41, 5.74) is 6.10. The van der Waals surface area contributed by atoms with Gasteiger partial charge >= 0.3 is 0 Å². The van der Waals surface area contributed by atoms with Gasteiger partial charge in [0.1, 0.15) is 5.69 Å². The summed E-state index contributed by atoms with van der Waals surface area (Å²) in [5, 5.41) is 3.12. The Hall–Kier alpha value is -2.54. The van der Waals surface area contributed by atoms with E-state index in [1.165, 1.54) is 18.5 Å². The number of pyridine rings is 2. The summed E-state index contributed by atoms with van der Waals surface area (Å²) >= 11 is 5.78. The summed E-state index contributed by atoms with van der Waals surface area (Å²) in [6.07, 6.45) is 4.38. The van der Waals surface area contributed by atoms with Crippen molar-refractivity contribution >= 4 is 29.0 Å². The maximum atomic E-state index is 14.5. The van der Waals surface area contributed by atoms with Crippen LogP contribution in [0.5, 0.6) is 0 Å². The topological polar surface area (TPSA) is 93.3 Å². The Morgan fingerprint density at radius 3 is 2.92 bits per heavy atom. The van der Waals surface area contributed by atoms with Crippen LogP contribution in [0, 0.1) is 17.8 Å². The van der Waals surface area contributed by atoms with Crippen LogP contribution in [0.25, 0.3) is 0 Å². The predicted octanol–water partition coefficient (Wildman–Crippen LogP) is 3.13. The third-order valence-corrected chi connectivity index (χ3v) is 5.32. The fraction of sp³-hybridized carbons (Fsp3) is 0.333. The maximum Gasteiger partial charge on any atom is 0.274 e. The average Bonchev–Trinajstić information content (AvgIpc) is 3.37. The number of carbonyl (C=O) groups excluding carboxylic acids is 1. The van der Waals surface area contributed by atoms with Gasteiger partial charge in [-0.15, -0.1) is 0 Å². The molecule has 1 aliphatic carbocycles. The molecule has 134 valence electrons. The molecule has 3 N–H and O–H groups in total. The van der Waals surface area contributed by atoms with Crippen molar-refractivity contribution in [2.45, 2.75) is 25.3 Å². The summed E-state index contributed by atoms with van der Waals surface area (Å²) in [4.78, 5) is 24.6. The van der Waals surface area contributed by atoms with Crippen molar-refractivity contribution in [2.24, 2.45) is 22.6 Å². The Morgan fingerprint density at radius 2 is 2.19 bits per heavy atom. The third-order valence-electron chi connectivity index (χ3n) is 5.09. The van der Waals surface area contributed by atoms with Crippen molar-refractivity contribution < 1.29 is 9.18 Å². The van der Waals surface area contributed by atoms with Gasteiger partial charge in [-0.25, -0.2) is 9.97 Å². The van der Waals surface area contributed by atoms with Gasteiger partial charge in [-0.3, -0.25) is 9.79 Å². The first-order valence-electron chi connectivity index (χ1n) is 8.30. The number of hydrogen-bond donors (Lipinski definition) is 2. The average molecular weight is 374 g/mol. The van der Waals surface area contributed by atoms with Crippen LogP contribution in [0.15, 0.2) is 35.6 Å². The van der Waals surface area contributed by atoms with E-state index in [0.717, 1.165) is 12.8 Å². The highest BCUT2D eigenvalue weighted by atomic mass is 35.5. The quantitative estimate of drug-likeness (QED) is 0.808. The van der Waals surface area contributed by atoms with Gasteiger partial charge in [0.2, 0.25) is 5.95 Å². The number of carbonyl (C=O) groups is 1. The molecular formula is C18H17ClFN5O. The van der Waals surface area contributed by atoms with Gasteiger partial charge in [-0.1, -0.05) is 11.6 Å². The lowest BCUT2D eigenvalue weighted by Gasteiger charge is -2.30. The first-order chi connectivity index (χ1) is 12.4. The van der Waals surface area contributed by atoms with Crippen molar-refractivity contribution in [3.05, 3.63) is 52.8 Å². The van der Waals surface area contributed by atoms with Crippen molar-refractivity contribution in [3.8, 4) is 0 Å². The zero-order valence-corrected chi connectivity index (χ0v) is 14.8. The molecule has 1 amide bonds. The lowest BCUT2D eigenvalue weighted by Crippen LogP contribution is -2.33. The van der Waals surface area contributed by atoms with E-state index in [0.29, 0.717) is 28.0 Å². The smallest absolute Gasteiger partial charge is 0.274 e. The molecule has 1 saturated carbocycles. The van der Waals surface area contributed by atoms with E-state index in [1.54, 1.807) is 12.1 Å². The number of nitrogens with two attached hydrogens (primary N) is 1. The van der Waals surface area contributed by atoms with Crippen LogP contribution >= 0.6 is 11.6 Å². The lowest BCUT2D eigenvalue weighted by molar-refractivity contribution is 0.102. The molecule has 0 radical (unpaired) electrons. The van der Waals surface area contributed by atoms with Crippen LogP contribution in [0.2, 0.25) is 5.02 Å². The minimum absolute atomic E-state index is 0.202. The van der Waals surface area contributed by atoms with Gasteiger partial charge in [-0.05, 0) is 43.4 Å². The Labute approximate surface area is 154 Å². The van der Waals surface area contributed by atoms with E-state index < -0.39 is 17.4 Å². The zero-order valence-electron chi connectivity index (χ0n) is 14.0. The minimum Gasteiger partial charge on any atom is -0.387 e. The minimum atomic E-state index is -0.761. The van der Waals surface area contributed by atoms with E-state index in [-0.39, 0.29) is 11.6 Å². The Balaban J connectivity index is 1.64. The van der Waals surface area contributed by atoms with Gasteiger partial charge < -0.3 is 11.1 Å². The number of aliphatic imine (C=N–C) groups is 1. The highest BCUT2D eigenvalue weighted by Gasteiger charge is 2.55. The number of anilines is 1. The number of nitrogens with zero attached hydrogens (tertiary/aromatic N) is 3. The summed E-state index contributed by atoms with van der Waals surface area (Å²) in [6.45, 7) is 1.87. The van der Waals surface area contributed by atoms with Gasteiger partial charge in [0.05, 0.1) is 28.3 Å². The van der Waals surface area contributed by atoms with E-state index >= 15 is 0 Å². The summed E-state index contributed by atoms with van der Waals surface area (Å²) < 4.78 is 14.5. The molecule has 1 fully saturated rings. The van der Waals surface area contributed by atoms with Crippen LogP contribution in [0.1, 0.15) is 35.8 Å². The monoisotopic (exact) mass is 373 g/mol. The summed E-state index contributed by atoms with van der Waals surface area (Å²) in [5.74, 6) is 0.190. The highest BCUT2D eigenvalue weighted by Crippen LogP contribution is 2.57. The van der Waals surface area contributed by atoms with Crippen molar-refractivity contribution in [2.75, 3.05) is 5.32 Å². The molecule has 3 heterocycles. The van der Waals surface area contributed by atoms with Gasteiger partial charge in [0, 0.05) is 18.2 Å². The lowest BCUT2D eigenvalue weighted by atomic mass is 9.84. The number of amides is 1. The van der Waals surface area contributed by atoms with Gasteiger partial charge in [0.15, 0.2) is 0 Å². The molecular weight excluding hydrogens is 357 g/mol. The molecule has 0 spiro atoms. The first-order valence-corrected chi connectivity index (χ1v) is 8.68. The Morgan fingerprint density at radius 1 is 1.38 bits per heavy atom. The van der Waals surface area contributed by atoms with Crippen molar-refractivity contribution in [1.29, 1.82) is 0 Å². The summed E-state index contributed by atoms with van der Waals surface area (Å²) in [6, 6.07) is 4.66. The maximum absolute atomic E-state index is 14.5. The van der Waals surface area contributed by atoms with Crippen molar-refractivity contribution in [1.82, 2.24) is 9.97 Å². The molecule has 0 unspecified atom stereocenters. The van der Waals surface area contributed by atoms with Gasteiger partial charge in [0.25, 0.3) is 5.91 Å². The van der Waals surface area contributed by atoms with E-state index in [1.807, 2.05) is 6.92 Å². The second kappa shape index (κ2) is 6.02. The molecule has 2 aromatic heterocycles. The van der Waals surface area contributed by atoms with E-state index in [2.05, 4.69) is 20.3 Å². The SMILES string of the molecule is C[C@@]1(c2cc(NC(=O)c3ccc(Cl)cn3)cnc2F)N=C(N)C[C@H]2C[C@H]21. The second-order valence-corrected chi connectivity index (χ2v) is 7.37. The van der Waals surface area contributed by atoms with Crippen LogP contribution in [-0.2, 0) is 5.54 Å².